The van der Waals surface area contributed by atoms with E-state index in [4.69, 9.17) is 37.8 Å². The summed E-state index contributed by atoms with van der Waals surface area (Å²) in [5, 5.41) is 19.4. The van der Waals surface area contributed by atoms with Gasteiger partial charge in [-0.25, -0.2) is 4.79 Å². The first kappa shape index (κ1) is 34.3. The number of para-hydroxylation sites is 1. The monoisotopic (exact) mass is 630 g/mol. The predicted molar refractivity (Wildman–Crippen MR) is 152 cm³/mol. The van der Waals surface area contributed by atoms with Crippen LogP contribution < -0.4 is 9.64 Å². The highest BCUT2D eigenvalue weighted by molar-refractivity contribution is 6.32. The number of aryl methyl sites for hydroxylation is 2. The number of ether oxygens (including phenoxy) is 2. The van der Waals surface area contributed by atoms with Gasteiger partial charge in [0.05, 0.1) is 21.2 Å². The Hall–Kier alpha value is -3.87. The number of halogens is 5. The number of rotatable bonds is 10. The highest BCUT2D eigenvalue weighted by Crippen LogP contribution is 2.37. The Labute approximate surface area is 249 Å². The molecule has 0 unspecified atom stereocenters. The van der Waals surface area contributed by atoms with Crippen LogP contribution in [0.5, 0.6) is 11.5 Å². The zero-order chi connectivity index (χ0) is 31.6. The summed E-state index contributed by atoms with van der Waals surface area (Å²) in [7, 11) is 1.58. The van der Waals surface area contributed by atoms with Crippen LogP contribution in [0.2, 0.25) is 5.02 Å². The molecule has 1 N–H and O–H groups in total. The number of hydrogen-bond acceptors (Lipinski definition) is 6. The van der Waals surface area contributed by atoms with Gasteiger partial charge in [0.15, 0.2) is 0 Å². The first-order chi connectivity index (χ1) is 19.8. The van der Waals surface area contributed by atoms with Crippen molar-refractivity contribution in [3.63, 3.8) is 0 Å². The summed E-state index contributed by atoms with van der Waals surface area (Å²) in [6, 6.07) is 11.4. The van der Waals surface area contributed by atoms with E-state index in [1.54, 1.807) is 12.0 Å². The van der Waals surface area contributed by atoms with Crippen LogP contribution in [0.3, 0.4) is 0 Å². The molecule has 14 heteroatoms. The zero-order valence-corrected chi connectivity index (χ0v) is 24.2. The number of nitro groups is 1. The van der Waals surface area contributed by atoms with Crippen LogP contribution in [0, 0.1) is 10.1 Å². The van der Waals surface area contributed by atoms with Crippen molar-refractivity contribution in [3.05, 3.63) is 92.0 Å². The van der Waals surface area contributed by atoms with E-state index >= 15 is 0 Å². The molecule has 0 aliphatic rings. The molecular formula is C28H27Cl2F3N2O7. The molecule has 0 heterocycles. The Morgan fingerprint density at radius 2 is 1.67 bits per heavy atom. The Morgan fingerprint density at radius 1 is 1.05 bits per heavy atom. The fourth-order valence-corrected chi connectivity index (χ4v) is 4.18. The standard InChI is InChI=1S/C14H7ClF3NO5.C14H20ClNO2/c15-10-5-7(14(16,17)18)1-4-12(10)24-8-2-3-11(19(22)23)9(6-8)13(20)21;1-4-11-7-6-8-12(5-2)14(11)16(10-18-3)13(17)9-15/h1-6H,(H,20,21);6-8H,4-5,9-10H2,1-3H3. The minimum Gasteiger partial charge on any atom is -0.477 e. The maximum Gasteiger partial charge on any atom is 0.416 e. The third kappa shape index (κ3) is 8.81. The Bertz CT molecular complexity index is 1410. The largest absolute Gasteiger partial charge is 0.477 e. The van der Waals surface area contributed by atoms with Crippen molar-refractivity contribution in [1.82, 2.24) is 0 Å². The molecule has 0 radical (unpaired) electrons. The number of carboxylic acid groups (broad SMARTS) is 1. The van der Waals surface area contributed by atoms with Crippen LogP contribution in [0.4, 0.5) is 24.5 Å². The number of methoxy groups -OCH3 is 1. The van der Waals surface area contributed by atoms with Gasteiger partial charge in [0.1, 0.15) is 29.7 Å². The molecule has 0 aliphatic heterocycles. The van der Waals surface area contributed by atoms with E-state index in [0.717, 1.165) is 60.0 Å². The summed E-state index contributed by atoms with van der Waals surface area (Å²) >= 11 is 11.4. The van der Waals surface area contributed by atoms with Crippen LogP contribution in [0.1, 0.15) is 40.9 Å². The number of nitro benzene ring substituents is 1. The van der Waals surface area contributed by atoms with E-state index in [-0.39, 0.29) is 35.0 Å². The molecule has 42 heavy (non-hydrogen) atoms. The quantitative estimate of drug-likeness (QED) is 0.105. The first-order valence-electron chi connectivity index (χ1n) is 12.3. The van der Waals surface area contributed by atoms with E-state index in [2.05, 4.69) is 13.8 Å². The fraction of sp³-hybridized carbons (Fsp3) is 0.286. The van der Waals surface area contributed by atoms with E-state index in [1.807, 2.05) is 18.2 Å². The normalized spacial score (nSPS) is 10.9. The number of carbonyl (C=O) groups excluding carboxylic acids is 1. The van der Waals surface area contributed by atoms with E-state index < -0.39 is 33.9 Å². The second-order valence-electron chi connectivity index (χ2n) is 8.49. The van der Waals surface area contributed by atoms with Gasteiger partial charge in [0.2, 0.25) is 5.91 Å². The number of carboxylic acids is 1. The van der Waals surface area contributed by atoms with E-state index in [9.17, 15) is 32.9 Å². The van der Waals surface area contributed by atoms with E-state index in [1.165, 1.54) is 0 Å². The highest BCUT2D eigenvalue weighted by atomic mass is 35.5. The van der Waals surface area contributed by atoms with Crippen molar-refractivity contribution in [3.8, 4) is 11.5 Å². The minimum atomic E-state index is -4.58. The Morgan fingerprint density at radius 3 is 2.12 bits per heavy atom. The SMILES string of the molecule is CCc1cccc(CC)c1N(COC)C(=O)CCl.O=C(O)c1cc(Oc2ccc(C(F)(F)F)cc2Cl)ccc1[N+](=O)[O-]. The molecule has 0 aliphatic carbocycles. The van der Waals surface area contributed by atoms with Crippen molar-refractivity contribution in [2.24, 2.45) is 0 Å². The molecular weight excluding hydrogens is 604 g/mol. The van der Waals surface area contributed by atoms with Crippen molar-refractivity contribution in [2.45, 2.75) is 32.9 Å². The van der Waals surface area contributed by atoms with Crippen LogP contribution >= 0.6 is 23.2 Å². The summed E-state index contributed by atoms with van der Waals surface area (Å²) in [6.07, 6.45) is -2.83. The molecule has 9 nitrogen and oxygen atoms in total. The summed E-state index contributed by atoms with van der Waals surface area (Å²) in [5.41, 5.74) is 0.994. The van der Waals surface area contributed by atoms with Gasteiger partial charge in [-0.3, -0.25) is 19.8 Å². The Balaban J connectivity index is 0.000000307. The summed E-state index contributed by atoms with van der Waals surface area (Å²) in [5.74, 6) is -2.00. The average molecular weight is 631 g/mol. The number of amides is 1. The van der Waals surface area contributed by atoms with Gasteiger partial charge in [-0.05, 0) is 48.2 Å². The molecule has 1 amide bonds. The number of carbonyl (C=O) groups is 2. The number of alkyl halides is 4. The molecule has 226 valence electrons. The van der Waals surface area contributed by atoms with Gasteiger partial charge in [0, 0.05) is 19.2 Å². The molecule has 0 spiro atoms. The van der Waals surface area contributed by atoms with Crippen LogP contribution in [0.25, 0.3) is 0 Å². The van der Waals surface area contributed by atoms with Gasteiger partial charge in [0.25, 0.3) is 5.69 Å². The first-order valence-corrected chi connectivity index (χ1v) is 13.2. The van der Waals surface area contributed by atoms with Crippen molar-refractivity contribution in [2.75, 3.05) is 24.6 Å². The third-order valence-electron chi connectivity index (χ3n) is 5.79. The molecule has 0 saturated heterocycles. The summed E-state index contributed by atoms with van der Waals surface area (Å²) < 4.78 is 48.0. The van der Waals surface area contributed by atoms with Crippen LogP contribution in [0.15, 0.2) is 54.6 Å². The lowest BCUT2D eigenvalue weighted by Crippen LogP contribution is -2.35. The average Bonchev–Trinajstić information content (AvgIpc) is 2.95. The van der Waals surface area contributed by atoms with Crippen molar-refractivity contribution >= 4 is 46.5 Å². The maximum atomic E-state index is 12.6. The number of nitrogens with zero attached hydrogens (tertiary/aromatic N) is 2. The summed E-state index contributed by atoms with van der Waals surface area (Å²) in [6.45, 7) is 4.39. The van der Waals surface area contributed by atoms with Crippen molar-refractivity contribution in [1.29, 1.82) is 0 Å². The highest BCUT2D eigenvalue weighted by Gasteiger charge is 2.31. The minimum absolute atomic E-state index is 0.0371. The zero-order valence-electron chi connectivity index (χ0n) is 22.7. The van der Waals surface area contributed by atoms with Gasteiger partial charge in [-0.1, -0.05) is 43.6 Å². The molecule has 0 saturated carbocycles. The molecule has 0 atom stereocenters. The maximum absolute atomic E-state index is 12.6. The molecule has 3 rings (SSSR count). The Kier molecular flexibility index (Phi) is 12.6. The van der Waals surface area contributed by atoms with E-state index in [0.29, 0.717) is 6.07 Å². The predicted octanol–water partition coefficient (Wildman–Crippen LogP) is 7.74. The fourth-order valence-electron chi connectivity index (χ4n) is 3.82. The second kappa shape index (κ2) is 15.4. The van der Waals surface area contributed by atoms with Crippen molar-refractivity contribution < 1.29 is 42.3 Å². The lowest BCUT2D eigenvalue weighted by Gasteiger charge is -2.26. The molecule has 3 aromatic rings. The molecule has 0 bridgehead atoms. The third-order valence-corrected chi connectivity index (χ3v) is 6.31. The molecule has 0 aromatic heterocycles. The summed E-state index contributed by atoms with van der Waals surface area (Å²) in [4.78, 5) is 34.5. The number of anilines is 1. The smallest absolute Gasteiger partial charge is 0.416 e. The number of aromatic carboxylic acids is 1. The van der Waals surface area contributed by atoms with Crippen LogP contribution in [-0.2, 0) is 28.5 Å². The van der Waals surface area contributed by atoms with Gasteiger partial charge in [-0.15, -0.1) is 11.6 Å². The van der Waals surface area contributed by atoms with Gasteiger partial charge in [-0.2, -0.15) is 13.2 Å². The van der Waals surface area contributed by atoms with Gasteiger partial charge < -0.3 is 14.6 Å². The molecule has 0 fully saturated rings. The number of hydrogen-bond donors (Lipinski definition) is 1. The number of benzene rings is 3. The van der Waals surface area contributed by atoms with Gasteiger partial charge >= 0.3 is 12.1 Å². The molecule has 3 aromatic carbocycles. The lowest BCUT2D eigenvalue weighted by molar-refractivity contribution is -0.385. The topological polar surface area (TPSA) is 119 Å². The second-order valence-corrected chi connectivity index (χ2v) is 9.17. The lowest BCUT2D eigenvalue weighted by atomic mass is 10.0. The van der Waals surface area contributed by atoms with Crippen LogP contribution in [-0.4, -0.2) is 41.6 Å².